The van der Waals surface area contributed by atoms with E-state index in [-0.39, 0.29) is 6.04 Å². The number of tetrazole rings is 1. The Labute approximate surface area is 96.6 Å². The highest BCUT2D eigenvalue weighted by molar-refractivity contribution is 4.96. The molecule has 0 amide bonds. The number of nitrogens with one attached hydrogen (secondary N) is 1. The average Bonchev–Trinajstić information content (AvgIpc) is 2.89. The topological polar surface area (TPSA) is 55.6 Å². The van der Waals surface area contributed by atoms with Gasteiger partial charge in [-0.3, -0.25) is 0 Å². The van der Waals surface area contributed by atoms with Crippen LogP contribution in [0.3, 0.4) is 0 Å². The van der Waals surface area contributed by atoms with Gasteiger partial charge in [-0.15, -0.1) is 5.10 Å². The van der Waals surface area contributed by atoms with Crippen LogP contribution in [0.5, 0.6) is 0 Å². The van der Waals surface area contributed by atoms with Crippen LogP contribution in [0.1, 0.15) is 51.9 Å². The van der Waals surface area contributed by atoms with E-state index < -0.39 is 0 Å². The van der Waals surface area contributed by atoms with E-state index in [2.05, 4.69) is 41.6 Å². The zero-order valence-electron chi connectivity index (χ0n) is 10.4. The quantitative estimate of drug-likeness (QED) is 0.794. The van der Waals surface area contributed by atoms with Crippen molar-refractivity contribution in [1.82, 2.24) is 25.5 Å². The Morgan fingerprint density at radius 3 is 2.75 bits per heavy atom. The molecule has 1 aliphatic rings. The van der Waals surface area contributed by atoms with Crippen molar-refractivity contribution < 1.29 is 0 Å². The zero-order valence-corrected chi connectivity index (χ0v) is 10.4. The lowest BCUT2D eigenvalue weighted by Gasteiger charge is -2.16. The molecule has 1 aromatic rings. The van der Waals surface area contributed by atoms with Crippen molar-refractivity contribution in [3.63, 3.8) is 0 Å². The second kappa shape index (κ2) is 4.49. The standard InChI is InChI=1S/C11H21N5/c1-4-11(6-7-11)8-16-10(13-14-15-16)9(3)12-5-2/h9,12H,4-8H2,1-3H3. The van der Waals surface area contributed by atoms with Crippen molar-refractivity contribution in [3.05, 3.63) is 5.82 Å². The van der Waals surface area contributed by atoms with Gasteiger partial charge >= 0.3 is 0 Å². The Bertz CT molecular complexity index is 342. The Morgan fingerprint density at radius 2 is 2.19 bits per heavy atom. The first-order valence-electron chi connectivity index (χ1n) is 6.20. The van der Waals surface area contributed by atoms with Crippen molar-refractivity contribution >= 4 is 0 Å². The van der Waals surface area contributed by atoms with Gasteiger partial charge in [0.25, 0.3) is 0 Å². The second-order valence-electron chi connectivity index (χ2n) is 4.83. The molecular formula is C11H21N5. The molecule has 1 aromatic heterocycles. The molecule has 0 spiro atoms. The molecule has 0 aromatic carbocycles. The molecule has 1 N–H and O–H groups in total. The molecule has 0 aliphatic heterocycles. The fourth-order valence-corrected chi connectivity index (χ4v) is 2.15. The molecule has 1 unspecified atom stereocenters. The Morgan fingerprint density at radius 1 is 1.44 bits per heavy atom. The molecule has 1 atom stereocenters. The summed E-state index contributed by atoms with van der Waals surface area (Å²) in [6.07, 6.45) is 3.86. The third-order valence-corrected chi connectivity index (χ3v) is 3.65. The summed E-state index contributed by atoms with van der Waals surface area (Å²) in [6, 6.07) is 0.229. The summed E-state index contributed by atoms with van der Waals surface area (Å²) in [5, 5.41) is 15.4. The van der Waals surface area contributed by atoms with Crippen molar-refractivity contribution in [3.8, 4) is 0 Å². The van der Waals surface area contributed by atoms with Gasteiger partial charge in [0.2, 0.25) is 0 Å². The first kappa shape index (κ1) is 11.5. The van der Waals surface area contributed by atoms with E-state index in [1.165, 1.54) is 19.3 Å². The van der Waals surface area contributed by atoms with E-state index in [9.17, 15) is 0 Å². The number of nitrogens with zero attached hydrogens (tertiary/aromatic N) is 4. The largest absolute Gasteiger partial charge is 0.308 e. The summed E-state index contributed by atoms with van der Waals surface area (Å²) in [5.74, 6) is 0.960. The summed E-state index contributed by atoms with van der Waals surface area (Å²) >= 11 is 0. The molecule has 0 saturated heterocycles. The highest BCUT2D eigenvalue weighted by atomic mass is 15.5. The molecule has 0 bridgehead atoms. The smallest absolute Gasteiger partial charge is 0.167 e. The Kier molecular flexibility index (Phi) is 3.23. The highest BCUT2D eigenvalue weighted by Gasteiger charge is 2.41. The molecule has 1 saturated carbocycles. The molecule has 2 rings (SSSR count). The normalized spacial score (nSPS) is 19.7. The molecule has 16 heavy (non-hydrogen) atoms. The van der Waals surface area contributed by atoms with Gasteiger partial charge < -0.3 is 5.32 Å². The molecule has 5 nitrogen and oxygen atoms in total. The second-order valence-corrected chi connectivity index (χ2v) is 4.83. The van der Waals surface area contributed by atoms with Gasteiger partial charge in [-0.05, 0) is 48.6 Å². The van der Waals surface area contributed by atoms with Crippen LogP contribution in [0, 0.1) is 5.41 Å². The lowest BCUT2D eigenvalue weighted by atomic mass is 10.0. The van der Waals surface area contributed by atoms with Crippen LogP contribution in [-0.4, -0.2) is 26.8 Å². The minimum Gasteiger partial charge on any atom is -0.308 e. The molecule has 90 valence electrons. The van der Waals surface area contributed by atoms with Gasteiger partial charge in [0.05, 0.1) is 12.6 Å². The third-order valence-electron chi connectivity index (χ3n) is 3.65. The zero-order chi connectivity index (χ0) is 11.6. The van der Waals surface area contributed by atoms with Gasteiger partial charge in [-0.25, -0.2) is 4.68 Å². The van der Waals surface area contributed by atoms with Crippen LogP contribution < -0.4 is 5.32 Å². The van der Waals surface area contributed by atoms with Crippen LogP contribution in [0.15, 0.2) is 0 Å². The van der Waals surface area contributed by atoms with E-state index in [0.717, 1.165) is 18.9 Å². The maximum atomic E-state index is 4.12. The van der Waals surface area contributed by atoms with E-state index in [0.29, 0.717) is 5.41 Å². The van der Waals surface area contributed by atoms with Crippen LogP contribution in [0.25, 0.3) is 0 Å². The van der Waals surface area contributed by atoms with Crippen molar-refractivity contribution in [1.29, 1.82) is 0 Å². The minimum atomic E-state index is 0.229. The summed E-state index contributed by atoms with van der Waals surface area (Å²) in [7, 11) is 0. The third kappa shape index (κ3) is 2.24. The van der Waals surface area contributed by atoms with Crippen molar-refractivity contribution in [2.24, 2.45) is 5.41 Å². The molecule has 5 heteroatoms. The lowest BCUT2D eigenvalue weighted by Crippen LogP contribution is -2.24. The Balaban J connectivity index is 2.07. The minimum absolute atomic E-state index is 0.229. The van der Waals surface area contributed by atoms with Crippen molar-refractivity contribution in [2.45, 2.75) is 52.6 Å². The summed E-state index contributed by atoms with van der Waals surface area (Å²) in [4.78, 5) is 0. The van der Waals surface area contributed by atoms with Crippen LogP contribution >= 0.6 is 0 Å². The monoisotopic (exact) mass is 223 g/mol. The van der Waals surface area contributed by atoms with Gasteiger partial charge in [-0.2, -0.15) is 0 Å². The molecule has 1 fully saturated rings. The summed E-state index contributed by atoms with van der Waals surface area (Å²) < 4.78 is 1.98. The fourth-order valence-electron chi connectivity index (χ4n) is 2.15. The van der Waals surface area contributed by atoms with Gasteiger partial charge in [0, 0.05) is 0 Å². The number of aromatic nitrogens is 4. The molecule has 1 aliphatic carbocycles. The lowest BCUT2D eigenvalue weighted by molar-refractivity contribution is 0.361. The van der Waals surface area contributed by atoms with Gasteiger partial charge in [0.1, 0.15) is 0 Å². The Hall–Kier alpha value is -0.970. The SMILES string of the molecule is CCNC(C)c1nnnn1CC1(CC)CC1. The van der Waals surface area contributed by atoms with Crippen LogP contribution in [-0.2, 0) is 6.54 Å². The number of rotatable bonds is 6. The number of hydrogen-bond donors (Lipinski definition) is 1. The van der Waals surface area contributed by atoms with E-state index in [4.69, 9.17) is 0 Å². The molecule has 0 radical (unpaired) electrons. The van der Waals surface area contributed by atoms with Crippen LogP contribution in [0.4, 0.5) is 0 Å². The predicted molar refractivity (Wildman–Crippen MR) is 61.9 cm³/mol. The fraction of sp³-hybridized carbons (Fsp3) is 0.909. The molecule has 1 heterocycles. The number of hydrogen-bond acceptors (Lipinski definition) is 4. The highest BCUT2D eigenvalue weighted by Crippen LogP contribution is 2.49. The van der Waals surface area contributed by atoms with E-state index in [1.807, 2.05) is 4.68 Å². The summed E-state index contributed by atoms with van der Waals surface area (Å²) in [6.45, 7) is 8.37. The average molecular weight is 223 g/mol. The van der Waals surface area contributed by atoms with Crippen molar-refractivity contribution in [2.75, 3.05) is 6.54 Å². The van der Waals surface area contributed by atoms with Gasteiger partial charge in [-0.1, -0.05) is 13.8 Å². The first-order valence-corrected chi connectivity index (χ1v) is 6.20. The van der Waals surface area contributed by atoms with Gasteiger partial charge in [0.15, 0.2) is 5.82 Å². The summed E-state index contributed by atoms with van der Waals surface area (Å²) in [5.41, 5.74) is 0.482. The maximum Gasteiger partial charge on any atom is 0.167 e. The first-order chi connectivity index (χ1) is 7.71. The van der Waals surface area contributed by atoms with E-state index in [1.54, 1.807) is 0 Å². The van der Waals surface area contributed by atoms with E-state index >= 15 is 0 Å². The molecular weight excluding hydrogens is 202 g/mol. The predicted octanol–water partition coefficient (Wildman–Crippen LogP) is 1.53. The maximum absolute atomic E-state index is 4.12. The van der Waals surface area contributed by atoms with Crippen LogP contribution in [0.2, 0.25) is 0 Å².